The molecule has 1 N–H and O–H groups in total. The molecule has 1 saturated heterocycles. The molecule has 0 saturated carbocycles. The fourth-order valence-electron chi connectivity index (χ4n) is 4.60. The molecule has 0 amide bonds. The van der Waals surface area contributed by atoms with Crippen molar-refractivity contribution in [2.75, 3.05) is 39.3 Å². The number of aromatic nitrogens is 3. The molecule has 0 aliphatic carbocycles. The highest BCUT2D eigenvalue weighted by atomic mass is 15.3. The van der Waals surface area contributed by atoms with Crippen LogP contribution < -0.4 is 5.32 Å². The van der Waals surface area contributed by atoms with Gasteiger partial charge in [0.05, 0.1) is 0 Å². The largest absolute Gasteiger partial charge is 0.357 e. The van der Waals surface area contributed by atoms with Crippen LogP contribution in [0.15, 0.2) is 17.1 Å². The van der Waals surface area contributed by atoms with Crippen molar-refractivity contribution in [2.24, 2.45) is 4.99 Å². The molecule has 0 radical (unpaired) electrons. The molecule has 0 bridgehead atoms. The first-order chi connectivity index (χ1) is 13.8. The van der Waals surface area contributed by atoms with E-state index in [1.807, 2.05) is 0 Å². The third-order valence-electron chi connectivity index (χ3n) is 6.17. The predicted octanol–water partition coefficient (Wildman–Crippen LogP) is 1.85. The summed E-state index contributed by atoms with van der Waals surface area (Å²) in [6.45, 7) is 9.41. The first kappa shape index (κ1) is 19.4. The molecule has 1 fully saturated rings. The Morgan fingerprint density at radius 2 is 2.07 bits per heavy atom. The molecule has 7 heteroatoms. The molecule has 1 aromatic rings. The van der Waals surface area contributed by atoms with E-state index >= 15 is 0 Å². The zero-order valence-corrected chi connectivity index (χ0v) is 17.3. The Hall–Kier alpha value is -1.89. The van der Waals surface area contributed by atoms with Gasteiger partial charge in [0.1, 0.15) is 11.6 Å². The third-order valence-corrected chi connectivity index (χ3v) is 6.17. The topological polar surface area (TPSA) is 61.6 Å². The number of hydrogen-bond donors (Lipinski definition) is 1. The van der Waals surface area contributed by atoms with Gasteiger partial charge in [0, 0.05) is 64.7 Å². The summed E-state index contributed by atoms with van der Waals surface area (Å²) in [4.78, 5) is 9.94. The average Bonchev–Trinajstić information content (AvgIpc) is 3.43. The number of nitrogens with one attached hydrogen (secondary N) is 1. The second-order valence-corrected chi connectivity index (χ2v) is 8.15. The molecule has 0 spiro atoms. The van der Waals surface area contributed by atoms with Crippen molar-refractivity contribution in [3.05, 3.63) is 23.8 Å². The second kappa shape index (κ2) is 9.54. The highest BCUT2D eigenvalue weighted by Crippen LogP contribution is 2.18. The minimum atomic E-state index is 0.658. The van der Waals surface area contributed by atoms with E-state index in [1.165, 1.54) is 31.5 Å². The van der Waals surface area contributed by atoms with Gasteiger partial charge in [-0.2, -0.15) is 0 Å². The van der Waals surface area contributed by atoms with Gasteiger partial charge in [0.15, 0.2) is 5.96 Å². The van der Waals surface area contributed by atoms with E-state index in [9.17, 15) is 0 Å². The Morgan fingerprint density at radius 3 is 2.93 bits per heavy atom. The molecule has 0 aromatic carbocycles. The summed E-state index contributed by atoms with van der Waals surface area (Å²) in [5.74, 6) is 3.42. The van der Waals surface area contributed by atoms with Crippen LogP contribution in [0.3, 0.4) is 0 Å². The summed E-state index contributed by atoms with van der Waals surface area (Å²) >= 11 is 0. The Kier molecular flexibility index (Phi) is 6.62. The molecule has 1 atom stereocenters. The summed E-state index contributed by atoms with van der Waals surface area (Å²) in [5.41, 5.74) is 0. The number of likely N-dealkylation sites (tertiary alicyclic amines) is 1. The van der Waals surface area contributed by atoms with E-state index in [2.05, 4.69) is 49.0 Å². The average molecular weight is 386 g/mol. The van der Waals surface area contributed by atoms with Gasteiger partial charge < -0.3 is 14.8 Å². The Balaban J connectivity index is 1.29. The van der Waals surface area contributed by atoms with E-state index in [-0.39, 0.29) is 0 Å². The fraction of sp³-hybridized carbons (Fsp3) is 0.762. The van der Waals surface area contributed by atoms with E-state index in [1.54, 1.807) is 0 Å². The molecule has 28 heavy (non-hydrogen) atoms. The Bertz CT molecular complexity index is 685. The SMILES string of the molecule is CCNC(=NCCCc1nnc2n1CCCCC2)N1CCC(N2CC=CC2)C1. The van der Waals surface area contributed by atoms with Crippen LogP contribution >= 0.6 is 0 Å². The lowest BCUT2D eigenvalue weighted by atomic mass is 10.2. The number of fused-ring (bicyclic) bond motifs is 1. The van der Waals surface area contributed by atoms with Crippen LogP contribution in [-0.4, -0.2) is 75.8 Å². The van der Waals surface area contributed by atoms with Gasteiger partial charge in [0.25, 0.3) is 0 Å². The van der Waals surface area contributed by atoms with Gasteiger partial charge >= 0.3 is 0 Å². The van der Waals surface area contributed by atoms with E-state index in [0.717, 1.165) is 76.9 Å². The van der Waals surface area contributed by atoms with Crippen molar-refractivity contribution < 1.29 is 0 Å². The van der Waals surface area contributed by atoms with E-state index in [0.29, 0.717) is 6.04 Å². The number of hydrogen-bond acceptors (Lipinski definition) is 4. The van der Waals surface area contributed by atoms with Gasteiger partial charge in [0.2, 0.25) is 0 Å². The number of rotatable bonds is 6. The molecule has 7 nitrogen and oxygen atoms in total. The lowest BCUT2D eigenvalue weighted by molar-refractivity contribution is 0.259. The number of aliphatic imine (C=N–C) groups is 1. The summed E-state index contributed by atoms with van der Waals surface area (Å²) < 4.78 is 2.36. The Labute approximate surface area is 168 Å². The van der Waals surface area contributed by atoms with Crippen molar-refractivity contribution in [1.29, 1.82) is 0 Å². The van der Waals surface area contributed by atoms with E-state index in [4.69, 9.17) is 4.99 Å². The van der Waals surface area contributed by atoms with Gasteiger partial charge in [-0.15, -0.1) is 10.2 Å². The Morgan fingerprint density at radius 1 is 1.18 bits per heavy atom. The van der Waals surface area contributed by atoms with Gasteiger partial charge in [-0.05, 0) is 32.6 Å². The van der Waals surface area contributed by atoms with Crippen molar-refractivity contribution in [3.63, 3.8) is 0 Å². The molecule has 1 aromatic heterocycles. The quantitative estimate of drug-likeness (QED) is 0.350. The highest BCUT2D eigenvalue weighted by molar-refractivity contribution is 5.80. The maximum atomic E-state index is 4.93. The van der Waals surface area contributed by atoms with Gasteiger partial charge in [-0.3, -0.25) is 9.89 Å². The number of guanidine groups is 1. The maximum Gasteiger partial charge on any atom is 0.193 e. The lowest BCUT2D eigenvalue weighted by Gasteiger charge is -2.25. The van der Waals surface area contributed by atoms with Crippen LogP contribution in [-0.2, 0) is 19.4 Å². The van der Waals surface area contributed by atoms with Crippen molar-refractivity contribution in [1.82, 2.24) is 29.9 Å². The molecular formula is C21H35N7. The highest BCUT2D eigenvalue weighted by Gasteiger charge is 2.29. The summed E-state index contributed by atoms with van der Waals surface area (Å²) in [7, 11) is 0. The van der Waals surface area contributed by atoms with Crippen molar-refractivity contribution in [3.8, 4) is 0 Å². The standard InChI is InChI=1S/C21H35N7/c1-2-22-21(27-16-11-18(17-27)26-13-6-7-14-26)23-12-8-10-20-25-24-19-9-4-3-5-15-28(19)20/h6-7,18H,2-5,8-17H2,1H3,(H,22,23). The smallest absolute Gasteiger partial charge is 0.193 e. The zero-order valence-electron chi connectivity index (χ0n) is 17.3. The monoisotopic (exact) mass is 385 g/mol. The van der Waals surface area contributed by atoms with Crippen LogP contribution in [0.25, 0.3) is 0 Å². The lowest BCUT2D eigenvalue weighted by Crippen LogP contribution is -2.42. The molecule has 4 rings (SSSR count). The molecule has 4 heterocycles. The second-order valence-electron chi connectivity index (χ2n) is 8.15. The normalized spacial score (nSPS) is 23.2. The van der Waals surface area contributed by atoms with Gasteiger partial charge in [-0.25, -0.2) is 0 Å². The molecular weight excluding hydrogens is 350 g/mol. The van der Waals surface area contributed by atoms with Crippen LogP contribution in [0, 0.1) is 0 Å². The minimum Gasteiger partial charge on any atom is -0.357 e. The van der Waals surface area contributed by atoms with Crippen LogP contribution in [0.2, 0.25) is 0 Å². The maximum absolute atomic E-state index is 4.93. The molecule has 3 aliphatic heterocycles. The summed E-state index contributed by atoms with van der Waals surface area (Å²) in [6.07, 6.45) is 12.7. The van der Waals surface area contributed by atoms with Crippen LogP contribution in [0.1, 0.15) is 50.7 Å². The molecule has 3 aliphatic rings. The van der Waals surface area contributed by atoms with Crippen molar-refractivity contribution >= 4 is 5.96 Å². The first-order valence-corrected chi connectivity index (χ1v) is 11.2. The minimum absolute atomic E-state index is 0.658. The zero-order chi connectivity index (χ0) is 19.2. The van der Waals surface area contributed by atoms with Crippen LogP contribution in [0.5, 0.6) is 0 Å². The van der Waals surface area contributed by atoms with Crippen molar-refractivity contribution in [2.45, 2.75) is 64.5 Å². The third kappa shape index (κ3) is 4.57. The van der Waals surface area contributed by atoms with Gasteiger partial charge in [-0.1, -0.05) is 18.6 Å². The van der Waals surface area contributed by atoms with Crippen LogP contribution in [0.4, 0.5) is 0 Å². The first-order valence-electron chi connectivity index (χ1n) is 11.2. The number of aryl methyl sites for hydroxylation is 2. The molecule has 154 valence electrons. The summed E-state index contributed by atoms with van der Waals surface area (Å²) in [6, 6.07) is 0.658. The van der Waals surface area contributed by atoms with E-state index < -0.39 is 0 Å². The summed E-state index contributed by atoms with van der Waals surface area (Å²) in [5, 5.41) is 12.4. The predicted molar refractivity (Wildman–Crippen MR) is 113 cm³/mol. The fourth-order valence-corrected chi connectivity index (χ4v) is 4.60. The molecule has 1 unspecified atom stereocenters. The number of nitrogens with zero attached hydrogens (tertiary/aromatic N) is 6.